The molecule has 126 valence electrons. The number of rotatable bonds is 6. The van der Waals surface area contributed by atoms with Crippen molar-refractivity contribution >= 4 is 11.7 Å². The van der Waals surface area contributed by atoms with Gasteiger partial charge in [-0.25, -0.2) is 0 Å². The van der Waals surface area contributed by atoms with Crippen molar-refractivity contribution in [3.8, 4) is 0 Å². The first-order valence-electron chi connectivity index (χ1n) is 7.67. The van der Waals surface area contributed by atoms with Gasteiger partial charge in [-0.3, -0.25) is 10.8 Å². The van der Waals surface area contributed by atoms with Gasteiger partial charge in [0.1, 0.15) is 11.7 Å². The minimum absolute atomic E-state index is 0.0222. The molecule has 7 N–H and O–H groups in total. The maximum Gasteiger partial charge on any atom is 0.122 e. The number of nitrogen functional groups attached to an aromatic ring is 2. The molecule has 24 heavy (non-hydrogen) atoms. The molecule has 0 spiro atoms. The highest BCUT2D eigenvalue weighted by Crippen LogP contribution is 2.28. The molecule has 0 bridgehead atoms. The molecule has 2 atom stereocenters. The maximum atomic E-state index is 10.5. The van der Waals surface area contributed by atoms with Crippen molar-refractivity contribution in [2.24, 2.45) is 11.5 Å². The number of nitrogens with two attached hydrogens (primary N) is 2. The van der Waals surface area contributed by atoms with Crippen LogP contribution in [0.4, 0.5) is 0 Å². The third kappa shape index (κ3) is 3.79. The van der Waals surface area contributed by atoms with Crippen LogP contribution in [0.15, 0.2) is 48.5 Å². The quantitative estimate of drug-likeness (QED) is 0.318. The molecule has 2 aromatic carbocycles. The lowest BCUT2D eigenvalue weighted by atomic mass is 10.0. The highest BCUT2D eigenvalue weighted by molar-refractivity contribution is 5.95. The maximum absolute atomic E-state index is 10.5. The van der Waals surface area contributed by atoms with E-state index in [1.807, 2.05) is 38.1 Å². The standard InChI is InChI=1S/C18H23N5O/c1-11(13-3-7-15(8-4-13)17(19)20)23(24)12(2)14-5-9-16(10-6-14)18(21)22/h3-12,24H,1-2H3,(H3,19,20)(H3,21,22). The summed E-state index contributed by atoms with van der Waals surface area (Å²) in [6, 6.07) is 14.1. The molecular weight excluding hydrogens is 302 g/mol. The van der Waals surface area contributed by atoms with E-state index < -0.39 is 0 Å². The van der Waals surface area contributed by atoms with Crippen molar-refractivity contribution in [2.45, 2.75) is 25.9 Å². The fraction of sp³-hybridized carbons (Fsp3) is 0.222. The first kappa shape index (κ1) is 17.7. The van der Waals surface area contributed by atoms with Crippen LogP contribution in [0.25, 0.3) is 0 Å². The van der Waals surface area contributed by atoms with Crippen LogP contribution in [0.2, 0.25) is 0 Å². The van der Waals surface area contributed by atoms with Gasteiger partial charge in [0.25, 0.3) is 0 Å². The van der Waals surface area contributed by atoms with Gasteiger partial charge in [-0.2, -0.15) is 5.06 Å². The van der Waals surface area contributed by atoms with E-state index in [2.05, 4.69) is 0 Å². The molecule has 0 aliphatic heterocycles. The van der Waals surface area contributed by atoms with E-state index in [9.17, 15) is 5.21 Å². The molecule has 0 fully saturated rings. The molecule has 0 radical (unpaired) electrons. The van der Waals surface area contributed by atoms with Gasteiger partial charge < -0.3 is 16.7 Å². The zero-order chi connectivity index (χ0) is 17.9. The third-order valence-corrected chi connectivity index (χ3v) is 4.20. The topological polar surface area (TPSA) is 123 Å². The summed E-state index contributed by atoms with van der Waals surface area (Å²) < 4.78 is 0. The molecule has 6 heteroatoms. The zero-order valence-corrected chi connectivity index (χ0v) is 13.8. The Morgan fingerprint density at radius 3 is 1.33 bits per heavy atom. The molecule has 2 unspecified atom stereocenters. The Hall–Kier alpha value is -2.70. The largest absolute Gasteiger partial charge is 0.384 e. The summed E-state index contributed by atoms with van der Waals surface area (Å²) in [5.74, 6) is 0.0444. The van der Waals surface area contributed by atoms with Crippen molar-refractivity contribution in [2.75, 3.05) is 0 Å². The SMILES string of the molecule is CC(c1ccc(C(=N)N)cc1)N(O)C(C)c1ccc(C(=N)N)cc1. The molecule has 0 saturated carbocycles. The van der Waals surface area contributed by atoms with Crippen molar-refractivity contribution < 1.29 is 5.21 Å². The smallest absolute Gasteiger partial charge is 0.122 e. The average molecular weight is 325 g/mol. The summed E-state index contributed by atoms with van der Waals surface area (Å²) in [6.45, 7) is 3.81. The molecule has 0 heterocycles. The monoisotopic (exact) mass is 325 g/mol. The van der Waals surface area contributed by atoms with Crippen LogP contribution in [0.5, 0.6) is 0 Å². The van der Waals surface area contributed by atoms with Gasteiger partial charge in [0.15, 0.2) is 0 Å². The summed E-state index contributed by atoms with van der Waals surface area (Å²) in [5, 5.41) is 26.7. The molecule has 0 aromatic heterocycles. The predicted molar refractivity (Wildman–Crippen MR) is 95.4 cm³/mol. The van der Waals surface area contributed by atoms with Gasteiger partial charge in [-0.05, 0) is 25.0 Å². The van der Waals surface area contributed by atoms with Gasteiger partial charge in [0.2, 0.25) is 0 Å². The Kier molecular flexibility index (Phi) is 5.33. The van der Waals surface area contributed by atoms with Gasteiger partial charge in [0.05, 0.1) is 12.1 Å². The molecule has 0 aliphatic carbocycles. The van der Waals surface area contributed by atoms with Gasteiger partial charge in [-0.1, -0.05) is 48.5 Å². The van der Waals surface area contributed by atoms with Crippen molar-refractivity contribution in [3.63, 3.8) is 0 Å². The molecular formula is C18H23N5O. The van der Waals surface area contributed by atoms with E-state index in [0.29, 0.717) is 11.1 Å². The molecule has 2 aromatic rings. The normalized spacial score (nSPS) is 13.5. The van der Waals surface area contributed by atoms with E-state index in [0.717, 1.165) is 11.1 Å². The summed E-state index contributed by atoms with van der Waals surface area (Å²) in [6.07, 6.45) is 0. The second kappa shape index (κ2) is 7.25. The molecule has 0 amide bonds. The summed E-state index contributed by atoms with van der Waals surface area (Å²) >= 11 is 0. The van der Waals surface area contributed by atoms with Gasteiger partial charge in [-0.15, -0.1) is 0 Å². The van der Waals surface area contributed by atoms with E-state index in [-0.39, 0.29) is 23.8 Å². The Balaban J connectivity index is 2.15. The van der Waals surface area contributed by atoms with Crippen molar-refractivity contribution in [1.29, 1.82) is 10.8 Å². The number of benzene rings is 2. The van der Waals surface area contributed by atoms with Gasteiger partial charge in [0, 0.05) is 11.1 Å². The van der Waals surface area contributed by atoms with E-state index in [1.165, 1.54) is 5.06 Å². The predicted octanol–water partition coefficient (Wildman–Crippen LogP) is 2.77. The minimum atomic E-state index is -0.228. The number of hydrogen-bond acceptors (Lipinski definition) is 4. The van der Waals surface area contributed by atoms with Crippen LogP contribution in [0.3, 0.4) is 0 Å². The number of amidine groups is 2. The Morgan fingerprint density at radius 2 is 1.08 bits per heavy atom. The van der Waals surface area contributed by atoms with E-state index in [1.54, 1.807) is 24.3 Å². The summed E-state index contributed by atoms with van der Waals surface area (Å²) in [5.41, 5.74) is 14.1. The highest BCUT2D eigenvalue weighted by atomic mass is 16.5. The average Bonchev–Trinajstić information content (AvgIpc) is 2.60. The van der Waals surface area contributed by atoms with Crippen molar-refractivity contribution in [3.05, 3.63) is 70.8 Å². The lowest BCUT2D eigenvalue weighted by Crippen LogP contribution is -2.26. The van der Waals surface area contributed by atoms with Crippen LogP contribution in [-0.2, 0) is 0 Å². The number of nitrogens with one attached hydrogen (secondary N) is 2. The fourth-order valence-electron chi connectivity index (χ4n) is 2.52. The van der Waals surface area contributed by atoms with E-state index >= 15 is 0 Å². The van der Waals surface area contributed by atoms with Crippen LogP contribution in [0, 0.1) is 10.8 Å². The van der Waals surface area contributed by atoms with E-state index in [4.69, 9.17) is 22.3 Å². The Morgan fingerprint density at radius 1 is 0.792 bits per heavy atom. The lowest BCUT2D eigenvalue weighted by molar-refractivity contribution is -0.155. The van der Waals surface area contributed by atoms with Crippen LogP contribution < -0.4 is 11.5 Å². The molecule has 0 saturated heterocycles. The minimum Gasteiger partial charge on any atom is -0.384 e. The Labute approximate surface area is 141 Å². The summed E-state index contributed by atoms with van der Waals surface area (Å²) in [4.78, 5) is 0. The Bertz CT molecular complexity index is 661. The number of hydroxylamine groups is 2. The zero-order valence-electron chi connectivity index (χ0n) is 13.8. The first-order valence-corrected chi connectivity index (χ1v) is 7.67. The third-order valence-electron chi connectivity index (χ3n) is 4.20. The number of nitrogens with zero attached hydrogens (tertiary/aromatic N) is 1. The van der Waals surface area contributed by atoms with Gasteiger partial charge >= 0.3 is 0 Å². The first-order chi connectivity index (χ1) is 11.3. The lowest BCUT2D eigenvalue weighted by Gasteiger charge is -2.29. The molecule has 6 nitrogen and oxygen atoms in total. The second-order valence-corrected chi connectivity index (χ2v) is 5.80. The number of hydrogen-bond donors (Lipinski definition) is 5. The second-order valence-electron chi connectivity index (χ2n) is 5.80. The highest BCUT2D eigenvalue weighted by Gasteiger charge is 2.21. The van der Waals surface area contributed by atoms with Crippen molar-refractivity contribution in [1.82, 2.24) is 5.06 Å². The fourth-order valence-corrected chi connectivity index (χ4v) is 2.52. The van der Waals surface area contributed by atoms with Crippen LogP contribution in [-0.4, -0.2) is 21.9 Å². The molecule has 2 rings (SSSR count). The van der Waals surface area contributed by atoms with Crippen LogP contribution in [0.1, 0.15) is 48.2 Å². The molecule has 0 aliphatic rings. The van der Waals surface area contributed by atoms with Crippen LogP contribution >= 0.6 is 0 Å². The summed E-state index contributed by atoms with van der Waals surface area (Å²) in [7, 11) is 0.